The number of halogens is 1. The molecular weight excluding hydrogens is 268 g/mol. The van der Waals surface area contributed by atoms with Crippen molar-refractivity contribution in [3.05, 3.63) is 27.4 Å². The second-order valence-electron chi connectivity index (χ2n) is 4.84. The van der Waals surface area contributed by atoms with Gasteiger partial charge in [0.1, 0.15) is 0 Å². The molecule has 0 aliphatic heterocycles. The van der Waals surface area contributed by atoms with E-state index >= 15 is 0 Å². The average Bonchev–Trinajstić information content (AvgIpc) is 2.29. The maximum Gasteiger partial charge on any atom is 0.313 e. The molecule has 0 spiro atoms. The molecule has 0 atom stereocenters. The number of likely N-dealkylation sites (N-methyl/N-ethyl adjacent to an activating group) is 1. The summed E-state index contributed by atoms with van der Waals surface area (Å²) >= 11 is 5.78. The molecular formula is C12H19ClN4O2. The predicted octanol–water partition coefficient (Wildman–Crippen LogP) is 2.42. The third-order valence-corrected chi connectivity index (χ3v) is 2.90. The van der Waals surface area contributed by atoms with Crippen LogP contribution in [0.1, 0.15) is 13.8 Å². The number of hydrogen-bond acceptors (Lipinski definition) is 5. The van der Waals surface area contributed by atoms with Gasteiger partial charge >= 0.3 is 5.69 Å². The van der Waals surface area contributed by atoms with Crippen LogP contribution in [-0.4, -0.2) is 48.0 Å². The Balaban J connectivity index is 3.11. The molecule has 0 aromatic carbocycles. The first-order chi connectivity index (χ1) is 8.82. The predicted molar refractivity (Wildman–Crippen MR) is 76.9 cm³/mol. The van der Waals surface area contributed by atoms with Crippen molar-refractivity contribution in [2.75, 3.05) is 32.1 Å². The van der Waals surface area contributed by atoms with Crippen molar-refractivity contribution in [3.63, 3.8) is 0 Å². The lowest BCUT2D eigenvalue weighted by atomic mass is 10.2. The highest BCUT2D eigenvalue weighted by molar-refractivity contribution is 6.30. The van der Waals surface area contributed by atoms with Crippen molar-refractivity contribution in [2.45, 2.75) is 19.9 Å². The Labute approximate surface area is 118 Å². The van der Waals surface area contributed by atoms with Crippen LogP contribution < -0.4 is 4.90 Å². The Kier molecular flexibility index (Phi) is 5.50. The van der Waals surface area contributed by atoms with Crippen molar-refractivity contribution in [3.8, 4) is 0 Å². The summed E-state index contributed by atoms with van der Waals surface area (Å²) in [6.45, 7) is 5.42. The molecule has 0 saturated carbocycles. The fourth-order valence-corrected chi connectivity index (χ4v) is 1.85. The maximum absolute atomic E-state index is 11.1. The first kappa shape index (κ1) is 15.7. The number of rotatable bonds is 6. The van der Waals surface area contributed by atoms with E-state index in [1.807, 2.05) is 37.7 Å². The highest BCUT2D eigenvalue weighted by Gasteiger charge is 2.23. The van der Waals surface area contributed by atoms with E-state index in [0.29, 0.717) is 12.4 Å². The molecule has 1 aromatic heterocycles. The quantitative estimate of drug-likeness (QED) is 0.594. The van der Waals surface area contributed by atoms with Crippen molar-refractivity contribution in [1.29, 1.82) is 0 Å². The monoisotopic (exact) mass is 286 g/mol. The molecule has 0 unspecified atom stereocenters. The van der Waals surface area contributed by atoms with Crippen LogP contribution in [0.25, 0.3) is 0 Å². The molecule has 0 aliphatic carbocycles. The van der Waals surface area contributed by atoms with Crippen LogP contribution in [-0.2, 0) is 0 Å². The molecule has 1 heterocycles. The number of pyridine rings is 1. The van der Waals surface area contributed by atoms with E-state index < -0.39 is 4.92 Å². The molecule has 0 aliphatic rings. The number of anilines is 1. The van der Waals surface area contributed by atoms with Gasteiger partial charge < -0.3 is 9.80 Å². The molecule has 19 heavy (non-hydrogen) atoms. The van der Waals surface area contributed by atoms with Gasteiger partial charge in [-0.1, -0.05) is 11.6 Å². The van der Waals surface area contributed by atoms with Crippen LogP contribution >= 0.6 is 11.6 Å². The lowest BCUT2D eigenvalue weighted by Crippen LogP contribution is -2.37. The fourth-order valence-electron chi connectivity index (χ4n) is 1.69. The second kappa shape index (κ2) is 6.68. The third kappa shape index (κ3) is 4.33. The Morgan fingerprint density at radius 3 is 2.53 bits per heavy atom. The van der Waals surface area contributed by atoms with Crippen molar-refractivity contribution in [2.24, 2.45) is 0 Å². The Hall–Kier alpha value is -1.40. The summed E-state index contributed by atoms with van der Waals surface area (Å²) in [7, 11) is 3.92. The Bertz CT molecular complexity index is 451. The zero-order valence-corrected chi connectivity index (χ0v) is 12.4. The first-order valence-electron chi connectivity index (χ1n) is 6.04. The molecule has 6 nitrogen and oxygen atoms in total. The third-order valence-electron chi connectivity index (χ3n) is 2.69. The molecule has 0 saturated heterocycles. The van der Waals surface area contributed by atoms with Crippen LogP contribution in [0.15, 0.2) is 12.3 Å². The topological polar surface area (TPSA) is 62.5 Å². The van der Waals surface area contributed by atoms with Gasteiger partial charge in [0.2, 0.25) is 5.82 Å². The zero-order valence-electron chi connectivity index (χ0n) is 11.6. The fraction of sp³-hybridized carbons (Fsp3) is 0.583. The van der Waals surface area contributed by atoms with Gasteiger partial charge in [0.25, 0.3) is 0 Å². The van der Waals surface area contributed by atoms with Gasteiger partial charge in [-0.2, -0.15) is 0 Å². The summed E-state index contributed by atoms with van der Waals surface area (Å²) in [5.41, 5.74) is -0.0556. The largest absolute Gasteiger partial charge is 0.347 e. The van der Waals surface area contributed by atoms with Gasteiger partial charge in [-0.05, 0) is 27.9 Å². The van der Waals surface area contributed by atoms with E-state index in [4.69, 9.17) is 11.6 Å². The standard InChI is InChI=1S/C12H19ClN4O2/c1-9(2)16(6-5-15(3)4)12-11(17(18)19)7-10(13)8-14-12/h7-9H,5-6H2,1-4H3. The molecule has 106 valence electrons. The van der Waals surface area contributed by atoms with Gasteiger partial charge in [-0.25, -0.2) is 4.98 Å². The summed E-state index contributed by atoms with van der Waals surface area (Å²) in [6, 6.07) is 1.46. The number of nitrogens with zero attached hydrogens (tertiary/aromatic N) is 4. The van der Waals surface area contributed by atoms with E-state index in [0.717, 1.165) is 6.54 Å². The number of hydrogen-bond donors (Lipinski definition) is 0. The first-order valence-corrected chi connectivity index (χ1v) is 6.42. The summed E-state index contributed by atoms with van der Waals surface area (Å²) in [5.74, 6) is 0.367. The molecule has 0 radical (unpaired) electrons. The van der Waals surface area contributed by atoms with Gasteiger partial charge in [-0.15, -0.1) is 0 Å². The smallest absolute Gasteiger partial charge is 0.313 e. The van der Waals surface area contributed by atoms with E-state index in [-0.39, 0.29) is 16.8 Å². The van der Waals surface area contributed by atoms with E-state index in [2.05, 4.69) is 4.98 Å². The highest BCUT2D eigenvalue weighted by atomic mass is 35.5. The SMILES string of the molecule is CC(C)N(CCN(C)C)c1ncc(Cl)cc1[N+](=O)[O-]. The normalized spacial score (nSPS) is 11.1. The van der Waals surface area contributed by atoms with Crippen LogP contribution in [0.4, 0.5) is 11.5 Å². The molecule has 0 N–H and O–H groups in total. The summed E-state index contributed by atoms with van der Waals surface area (Å²) < 4.78 is 0. The van der Waals surface area contributed by atoms with Crippen LogP contribution in [0, 0.1) is 10.1 Å². The molecule has 0 bridgehead atoms. The minimum Gasteiger partial charge on any atom is -0.347 e. The van der Waals surface area contributed by atoms with E-state index in [1.165, 1.54) is 12.3 Å². The maximum atomic E-state index is 11.1. The number of aromatic nitrogens is 1. The molecule has 7 heteroatoms. The molecule has 1 aromatic rings. The van der Waals surface area contributed by atoms with Gasteiger partial charge in [0, 0.05) is 31.4 Å². The second-order valence-corrected chi connectivity index (χ2v) is 5.28. The van der Waals surface area contributed by atoms with Gasteiger partial charge in [-0.3, -0.25) is 10.1 Å². The summed E-state index contributed by atoms with van der Waals surface area (Å²) in [6.07, 6.45) is 1.44. The van der Waals surface area contributed by atoms with Gasteiger partial charge in [0.05, 0.1) is 9.95 Å². The van der Waals surface area contributed by atoms with Crippen LogP contribution in [0.3, 0.4) is 0 Å². The molecule has 1 rings (SSSR count). The summed E-state index contributed by atoms with van der Waals surface area (Å²) in [4.78, 5) is 18.7. The Morgan fingerprint density at radius 2 is 2.05 bits per heavy atom. The minimum atomic E-state index is -0.445. The van der Waals surface area contributed by atoms with Crippen molar-refractivity contribution >= 4 is 23.1 Å². The lowest BCUT2D eigenvalue weighted by molar-refractivity contribution is -0.384. The van der Waals surface area contributed by atoms with Gasteiger partial charge in [0.15, 0.2) is 0 Å². The van der Waals surface area contributed by atoms with Crippen LogP contribution in [0.2, 0.25) is 5.02 Å². The zero-order chi connectivity index (χ0) is 14.6. The molecule has 0 amide bonds. The lowest BCUT2D eigenvalue weighted by Gasteiger charge is -2.28. The highest BCUT2D eigenvalue weighted by Crippen LogP contribution is 2.29. The van der Waals surface area contributed by atoms with Crippen molar-refractivity contribution < 1.29 is 4.92 Å². The number of nitro groups is 1. The molecule has 0 fully saturated rings. The van der Waals surface area contributed by atoms with Crippen molar-refractivity contribution in [1.82, 2.24) is 9.88 Å². The Morgan fingerprint density at radius 1 is 1.42 bits per heavy atom. The van der Waals surface area contributed by atoms with Crippen LogP contribution in [0.5, 0.6) is 0 Å². The average molecular weight is 287 g/mol. The minimum absolute atomic E-state index is 0.0556. The van der Waals surface area contributed by atoms with E-state index in [9.17, 15) is 10.1 Å². The van der Waals surface area contributed by atoms with E-state index in [1.54, 1.807) is 0 Å². The summed E-state index contributed by atoms with van der Waals surface area (Å²) in [5, 5.41) is 11.4.